The van der Waals surface area contributed by atoms with Crippen LogP contribution in [0, 0.1) is 11.3 Å². The van der Waals surface area contributed by atoms with Crippen molar-refractivity contribution in [3.8, 4) is 6.07 Å². The monoisotopic (exact) mass is 348 g/mol. The lowest BCUT2D eigenvalue weighted by Crippen LogP contribution is -2.29. The van der Waals surface area contributed by atoms with Crippen LogP contribution in [0.2, 0.25) is 0 Å². The van der Waals surface area contributed by atoms with E-state index in [0.29, 0.717) is 17.6 Å². The molecule has 0 radical (unpaired) electrons. The third-order valence-corrected chi connectivity index (χ3v) is 4.66. The van der Waals surface area contributed by atoms with Crippen LogP contribution in [0.4, 0.5) is 17.5 Å². The molecule has 26 heavy (non-hydrogen) atoms. The third-order valence-electron chi connectivity index (χ3n) is 4.66. The molecule has 0 atom stereocenters. The minimum atomic E-state index is -0.171. The molecule has 3 aromatic rings. The number of hydrogen-bond donors (Lipinski definition) is 3. The molecule has 1 aromatic carbocycles. The first-order chi connectivity index (χ1) is 12.7. The highest BCUT2D eigenvalue weighted by Crippen LogP contribution is 2.23. The molecule has 0 saturated heterocycles. The standard InChI is InChI=1S/C19H20N6O/c20-12-13-3-1-4-15(11-13)22-19-23-18-6-2-5-17(25(18)24-19)21-14-7-9-16(26)10-8-14/h1-6,11,14,16,21,26H,7-10H2,(H,22,24)/t14-,16+. The molecule has 0 bridgehead atoms. The van der Waals surface area contributed by atoms with Crippen molar-refractivity contribution in [2.45, 2.75) is 37.8 Å². The highest BCUT2D eigenvalue weighted by molar-refractivity contribution is 5.59. The summed E-state index contributed by atoms with van der Waals surface area (Å²) < 4.78 is 1.78. The van der Waals surface area contributed by atoms with Gasteiger partial charge in [-0.25, -0.2) is 0 Å². The maximum Gasteiger partial charge on any atom is 0.247 e. The summed E-state index contributed by atoms with van der Waals surface area (Å²) in [5.74, 6) is 1.36. The third kappa shape index (κ3) is 3.46. The van der Waals surface area contributed by atoms with Gasteiger partial charge in [0.15, 0.2) is 5.65 Å². The second-order valence-corrected chi connectivity index (χ2v) is 6.58. The number of aliphatic hydroxyl groups excluding tert-OH is 1. The van der Waals surface area contributed by atoms with Gasteiger partial charge in [0.2, 0.25) is 5.95 Å². The van der Waals surface area contributed by atoms with Gasteiger partial charge in [-0.1, -0.05) is 12.1 Å². The zero-order valence-corrected chi connectivity index (χ0v) is 14.3. The van der Waals surface area contributed by atoms with Gasteiger partial charge in [-0.3, -0.25) is 0 Å². The summed E-state index contributed by atoms with van der Waals surface area (Å²) in [6.45, 7) is 0. The number of fused-ring (bicyclic) bond motifs is 1. The number of hydrogen-bond acceptors (Lipinski definition) is 6. The smallest absolute Gasteiger partial charge is 0.247 e. The van der Waals surface area contributed by atoms with Crippen LogP contribution in [0.1, 0.15) is 31.2 Å². The molecule has 4 rings (SSSR count). The van der Waals surface area contributed by atoms with Crippen molar-refractivity contribution < 1.29 is 5.11 Å². The van der Waals surface area contributed by atoms with E-state index in [2.05, 4.69) is 26.8 Å². The first-order valence-electron chi connectivity index (χ1n) is 8.79. The van der Waals surface area contributed by atoms with Crippen LogP contribution in [-0.2, 0) is 0 Å². The number of aromatic nitrogens is 3. The fourth-order valence-electron chi connectivity index (χ4n) is 3.29. The second kappa shape index (κ2) is 7.02. The zero-order valence-electron chi connectivity index (χ0n) is 14.3. The average Bonchev–Trinajstić information content (AvgIpc) is 3.07. The van der Waals surface area contributed by atoms with Crippen LogP contribution in [0.3, 0.4) is 0 Å². The molecule has 2 aromatic heterocycles. The number of rotatable bonds is 4. The van der Waals surface area contributed by atoms with Gasteiger partial charge >= 0.3 is 0 Å². The molecule has 1 aliphatic rings. The number of benzene rings is 1. The maximum atomic E-state index is 9.66. The number of nitrogens with one attached hydrogen (secondary N) is 2. The van der Waals surface area contributed by atoms with E-state index in [1.165, 1.54) is 0 Å². The molecule has 7 heteroatoms. The van der Waals surface area contributed by atoms with E-state index in [9.17, 15) is 5.11 Å². The Labute approximate surface area is 151 Å². The molecule has 1 fully saturated rings. The SMILES string of the molecule is N#Cc1cccc(Nc2nc3cccc(N[C@H]4CC[C@@H](O)CC4)n3n2)c1. The van der Waals surface area contributed by atoms with Gasteiger partial charge < -0.3 is 15.7 Å². The van der Waals surface area contributed by atoms with E-state index < -0.39 is 0 Å². The Kier molecular flexibility index (Phi) is 4.42. The van der Waals surface area contributed by atoms with E-state index >= 15 is 0 Å². The van der Waals surface area contributed by atoms with Crippen molar-refractivity contribution in [2.24, 2.45) is 0 Å². The van der Waals surface area contributed by atoms with E-state index in [-0.39, 0.29) is 6.10 Å². The first-order valence-corrected chi connectivity index (χ1v) is 8.79. The molecular formula is C19H20N6O. The molecule has 0 unspecified atom stereocenters. The zero-order chi connectivity index (χ0) is 17.9. The Bertz CT molecular complexity index is 952. The topological polar surface area (TPSA) is 98.3 Å². The summed E-state index contributed by atoms with van der Waals surface area (Å²) in [5.41, 5.74) is 2.10. The van der Waals surface area contributed by atoms with Gasteiger partial charge in [0.1, 0.15) is 5.82 Å². The van der Waals surface area contributed by atoms with E-state index in [4.69, 9.17) is 5.26 Å². The van der Waals surface area contributed by atoms with E-state index in [1.54, 1.807) is 16.6 Å². The summed E-state index contributed by atoms with van der Waals surface area (Å²) in [6.07, 6.45) is 3.37. The average molecular weight is 348 g/mol. The van der Waals surface area contributed by atoms with E-state index in [0.717, 1.165) is 42.8 Å². The molecule has 132 valence electrons. The van der Waals surface area contributed by atoms with Crippen LogP contribution in [-0.4, -0.2) is 31.9 Å². The van der Waals surface area contributed by atoms with Gasteiger partial charge in [-0.2, -0.15) is 14.8 Å². The molecular weight excluding hydrogens is 328 g/mol. The lowest BCUT2D eigenvalue weighted by molar-refractivity contribution is 0.126. The van der Waals surface area contributed by atoms with Crippen LogP contribution in [0.15, 0.2) is 42.5 Å². The number of nitrogens with zero attached hydrogens (tertiary/aromatic N) is 4. The van der Waals surface area contributed by atoms with Crippen molar-refractivity contribution in [3.05, 3.63) is 48.0 Å². The normalized spacial score (nSPS) is 19.8. The van der Waals surface area contributed by atoms with Crippen molar-refractivity contribution in [3.63, 3.8) is 0 Å². The Hall–Kier alpha value is -3.11. The Morgan fingerprint density at radius 2 is 1.92 bits per heavy atom. The Morgan fingerprint density at radius 3 is 2.73 bits per heavy atom. The minimum Gasteiger partial charge on any atom is -0.393 e. The van der Waals surface area contributed by atoms with Crippen LogP contribution >= 0.6 is 0 Å². The quantitative estimate of drug-likeness (QED) is 0.670. The Morgan fingerprint density at radius 1 is 1.12 bits per heavy atom. The molecule has 1 aliphatic carbocycles. The van der Waals surface area contributed by atoms with Gasteiger partial charge in [0.25, 0.3) is 0 Å². The number of pyridine rings is 1. The highest BCUT2D eigenvalue weighted by Gasteiger charge is 2.20. The predicted octanol–water partition coefficient (Wildman–Crippen LogP) is 3.06. The summed E-state index contributed by atoms with van der Waals surface area (Å²) >= 11 is 0. The molecule has 0 amide bonds. The largest absolute Gasteiger partial charge is 0.393 e. The van der Waals surface area contributed by atoms with Gasteiger partial charge in [-0.15, -0.1) is 5.10 Å². The second-order valence-electron chi connectivity index (χ2n) is 6.58. The number of aliphatic hydroxyl groups is 1. The molecule has 0 aliphatic heterocycles. The number of nitriles is 1. The molecule has 1 saturated carbocycles. The van der Waals surface area contributed by atoms with Gasteiger partial charge in [-0.05, 0) is 56.0 Å². The summed E-state index contributed by atoms with van der Waals surface area (Å²) in [7, 11) is 0. The Balaban J connectivity index is 1.56. The molecule has 3 N–H and O–H groups in total. The van der Waals surface area contributed by atoms with Crippen molar-refractivity contribution in [1.82, 2.24) is 14.6 Å². The first kappa shape index (κ1) is 16.4. The van der Waals surface area contributed by atoms with Crippen LogP contribution in [0.5, 0.6) is 0 Å². The summed E-state index contributed by atoms with van der Waals surface area (Å²) in [6, 6.07) is 15.5. The lowest BCUT2D eigenvalue weighted by Gasteiger charge is -2.26. The maximum absolute atomic E-state index is 9.66. The van der Waals surface area contributed by atoms with Crippen LogP contribution < -0.4 is 10.6 Å². The van der Waals surface area contributed by atoms with Crippen molar-refractivity contribution in [2.75, 3.05) is 10.6 Å². The fraction of sp³-hybridized carbons (Fsp3) is 0.316. The summed E-state index contributed by atoms with van der Waals surface area (Å²) in [5, 5.41) is 29.9. The van der Waals surface area contributed by atoms with Gasteiger partial charge in [0.05, 0.1) is 17.7 Å². The molecule has 7 nitrogen and oxygen atoms in total. The van der Waals surface area contributed by atoms with Crippen molar-refractivity contribution in [1.29, 1.82) is 5.26 Å². The van der Waals surface area contributed by atoms with E-state index in [1.807, 2.05) is 30.3 Å². The molecule has 2 heterocycles. The van der Waals surface area contributed by atoms with Gasteiger partial charge in [0, 0.05) is 11.7 Å². The molecule has 0 spiro atoms. The lowest BCUT2D eigenvalue weighted by atomic mass is 9.93. The predicted molar refractivity (Wildman–Crippen MR) is 99.3 cm³/mol. The summed E-state index contributed by atoms with van der Waals surface area (Å²) in [4.78, 5) is 4.51. The number of anilines is 3. The fourth-order valence-corrected chi connectivity index (χ4v) is 3.29. The van der Waals surface area contributed by atoms with Crippen LogP contribution in [0.25, 0.3) is 5.65 Å². The van der Waals surface area contributed by atoms with Crippen molar-refractivity contribution >= 4 is 23.1 Å². The minimum absolute atomic E-state index is 0.171. The highest BCUT2D eigenvalue weighted by atomic mass is 16.3.